The average Bonchev–Trinajstić information content (AvgIpc) is 2.24. The fourth-order valence-corrected chi connectivity index (χ4v) is 1.43. The van der Waals surface area contributed by atoms with Crippen LogP contribution in [0, 0.1) is 0 Å². The fourth-order valence-electron chi connectivity index (χ4n) is 0.947. The second kappa shape index (κ2) is 5.72. The van der Waals surface area contributed by atoms with Crippen LogP contribution in [0.3, 0.4) is 0 Å². The lowest BCUT2D eigenvalue weighted by Gasteiger charge is -2.07. The second-order valence-corrected chi connectivity index (χ2v) is 3.85. The number of halogens is 2. The largest absolute Gasteiger partial charge is 0.396 e. The third-order valence-corrected chi connectivity index (χ3v) is 2.35. The lowest BCUT2D eigenvalue weighted by atomic mass is 10.2. The molecule has 0 bridgehead atoms. The number of carbonyl (C=O) groups excluding carboxylic acids is 2. The predicted molar refractivity (Wildman–Crippen MR) is 63.5 cm³/mol. The van der Waals surface area contributed by atoms with Crippen molar-refractivity contribution in [2.75, 3.05) is 12.3 Å². The summed E-state index contributed by atoms with van der Waals surface area (Å²) in [6.45, 7) is -0.428. The van der Waals surface area contributed by atoms with E-state index < -0.39 is 18.4 Å². The van der Waals surface area contributed by atoms with Gasteiger partial charge in [0.25, 0.3) is 5.91 Å². The predicted octanol–water partition coefficient (Wildman–Crippen LogP) is 0.722. The van der Waals surface area contributed by atoms with Crippen LogP contribution in [0.1, 0.15) is 10.4 Å². The van der Waals surface area contributed by atoms with E-state index in [0.29, 0.717) is 0 Å². The molecule has 6 nitrogen and oxygen atoms in total. The van der Waals surface area contributed by atoms with Crippen LogP contribution >= 0.6 is 23.2 Å². The zero-order valence-corrected chi connectivity index (χ0v) is 10.0. The van der Waals surface area contributed by atoms with E-state index in [1.165, 1.54) is 12.1 Å². The van der Waals surface area contributed by atoms with E-state index in [9.17, 15) is 9.59 Å². The molecule has 0 aliphatic carbocycles. The molecule has 0 saturated carbocycles. The molecule has 0 aromatic heterocycles. The number of nitrogen functional groups attached to an aromatic ring is 1. The smallest absolute Gasteiger partial charge is 0.274 e. The van der Waals surface area contributed by atoms with E-state index >= 15 is 0 Å². The Labute approximate surface area is 107 Å². The van der Waals surface area contributed by atoms with Crippen molar-refractivity contribution in [1.29, 1.82) is 0 Å². The molecule has 5 N–H and O–H groups in total. The van der Waals surface area contributed by atoms with Gasteiger partial charge in [-0.25, -0.2) is 5.48 Å². The zero-order valence-electron chi connectivity index (χ0n) is 8.50. The Morgan fingerprint density at radius 3 is 2.29 bits per heavy atom. The molecular formula is C9H9Cl2N3O3. The Morgan fingerprint density at radius 1 is 1.29 bits per heavy atom. The fraction of sp³-hybridized carbons (Fsp3) is 0.111. The number of nitrogens with two attached hydrogens (primary N) is 2. The van der Waals surface area contributed by atoms with Crippen molar-refractivity contribution in [2.24, 2.45) is 5.73 Å². The Balaban J connectivity index is 2.73. The van der Waals surface area contributed by atoms with Crippen molar-refractivity contribution in [3.05, 3.63) is 27.7 Å². The van der Waals surface area contributed by atoms with Gasteiger partial charge in [0.15, 0.2) is 6.61 Å². The second-order valence-electron chi connectivity index (χ2n) is 3.04. The molecule has 0 spiro atoms. The van der Waals surface area contributed by atoms with Crippen molar-refractivity contribution in [3.8, 4) is 0 Å². The summed E-state index contributed by atoms with van der Waals surface area (Å²) in [5.41, 5.74) is 12.7. The van der Waals surface area contributed by atoms with Crippen molar-refractivity contribution < 1.29 is 14.4 Å². The number of rotatable bonds is 4. The Morgan fingerprint density at radius 2 is 1.82 bits per heavy atom. The maximum Gasteiger partial charge on any atom is 0.274 e. The minimum absolute atomic E-state index is 0.151. The van der Waals surface area contributed by atoms with Gasteiger partial charge in [-0.15, -0.1) is 0 Å². The van der Waals surface area contributed by atoms with Crippen LogP contribution in [0.2, 0.25) is 10.0 Å². The number of benzene rings is 1. The van der Waals surface area contributed by atoms with Gasteiger partial charge in [-0.1, -0.05) is 23.2 Å². The number of carbonyl (C=O) groups is 2. The maximum atomic E-state index is 11.5. The number of hydrogen-bond acceptors (Lipinski definition) is 4. The van der Waals surface area contributed by atoms with Crippen LogP contribution < -0.4 is 16.9 Å². The molecule has 17 heavy (non-hydrogen) atoms. The molecule has 0 aliphatic heterocycles. The number of hydrogen-bond donors (Lipinski definition) is 3. The molecule has 1 aromatic rings. The van der Waals surface area contributed by atoms with Gasteiger partial charge in [-0.2, -0.15) is 0 Å². The summed E-state index contributed by atoms with van der Waals surface area (Å²) in [4.78, 5) is 26.4. The molecule has 92 valence electrons. The number of anilines is 1. The van der Waals surface area contributed by atoms with Gasteiger partial charge >= 0.3 is 0 Å². The van der Waals surface area contributed by atoms with E-state index in [0.717, 1.165) is 0 Å². The molecule has 0 radical (unpaired) electrons. The van der Waals surface area contributed by atoms with Gasteiger partial charge in [0.2, 0.25) is 5.91 Å². The average molecular weight is 278 g/mol. The first-order valence-corrected chi connectivity index (χ1v) is 5.12. The standard InChI is InChI=1S/C9H9Cl2N3O3/c10-5-1-4(2-6(11)8(5)13)9(16)14-17-3-7(12)15/h1-2H,3,13H2,(H2,12,15)(H,14,16). The molecule has 0 aliphatic rings. The molecule has 0 unspecified atom stereocenters. The summed E-state index contributed by atoms with van der Waals surface area (Å²) in [7, 11) is 0. The van der Waals surface area contributed by atoms with Crippen molar-refractivity contribution in [2.45, 2.75) is 0 Å². The van der Waals surface area contributed by atoms with E-state index in [-0.39, 0.29) is 21.3 Å². The van der Waals surface area contributed by atoms with Crippen molar-refractivity contribution >= 4 is 40.7 Å². The van der Waals surface area contributed by atoms with Crippen LogP contribution in [-0.2, 0) is 9.63 Å². The summed E-state index contributed by atoms with van der Waals surface area (Å²) in [6.07, 6.45) is 0. The monoisotopic (exact) mass is 277 g/mol. The van der Waals surface area contributed by atoms with Crippen molar-refractivity contribution in [1.82, 2.24) is 5.48 Å². The molecule has 0 saturated heterocycles. The number of primary amides is 1. The molecule has 1 aromatic carbocycles. The van der Waals surface area contributed by atoms with Gasteiger partial charge < -0.3 is 11.5 Å². The quantitative estimate of drug-likeness (QED) is 0.557. The first kappa shape index (κ1) is 13.6. The molecule has 0 atom stereocenters. The third kappa shape index (κ3) is 3.77. The summed E-state index contributed by atoms with van der Waals surface area (Å²) >= 11 is 11.5. The first-order chi connectivity index (χ1) is 7.91. The highest BCUT2D eigenvalue weighted by Crippen LogP contribution is 2.28. The lowest BCUT2D eigenvalue weighted by molar-refractivity contribution is -0.124. The van der Waals surface area contributed by atoms with Crippen LogP contribution in [0.4, 0.5) is 5.69 Å². The van der Waals surface area contributed by atoms with Gasteiger partial charge in [0.1, 0.15) is 0 Å². The summed E-state index contributed by atoms with van der Waals surface area (Å²) in [6, 6.07) is 2.65. The summed E-state index contributed by atoms with van der Waals surface area (Å²) in [5.74, 6) is -1.33. The minimum atomic E-state index is -0.710. The van der Waals surface area contributed by atoms with Gasteiger partial charge in [0.05, 0.1) is 15.7 Å². The highest BCUT2D eigenvalue weighted by molar-refractivity contribution is 6.39. The number of nitrogens with one attached hydrogen (secondary N) is 1. The highest BCUT2D eigenvalue weighted by atomic mass is 35.5. The van der Waals surface area contributed by atoms with E-state index in [2.05, 4.69) is 4.84 Å². The lowest BCUT2D eigenvalue weighted by Crippen LogP contribution is -2.29. The molecule has 2 amide bonds. The zero-order chi connectivity index (χ0) is 13.0. The molecule has 1 rings (SSSR count). The highest BCUT2D eigenvalue weighted by Gasteiger charge is 2.11. The minimum Gasteiger partial charge on any atom is -0.396 e. The maximum absolute atomic E-state index is 11.5. The Hall–Kier alpha value is -1.50. The Bertz CT molecular complexity index is 442. The van der Waals surface area contributed by atoms with Gasteiger partial charge in [-0.05, 0) is 12.1 Å². The van der Waals surface area contributed by atoms with Crippen molar-refractivity contribution in [3.63, 3.8) is 0 Å². The van der Waals surface area contributed by atoms with Crippen LogP contribution in [0.25, 0.3) is 0 Å². The Kier molecular flexibility index (Phi) is 4.56. The van der Waals surface area contributed by atoms with E-state index in [4.69, 9.17) is 34.7 Å². The molecular weight excluding hydrogens is 269 g/mol. The van der Waals surface area contributed by atoms with Crippen LogP contribution in [0.15, 0.2) is 12.1 Å². The first-order valence-electron chi connectivity index (χ1n) is 4.36. The summed E-state index contributed by atoms with van der Waals surface area (Å²) in [5, 5.41) is 0.301. The number of amides is 2. The van der Waals surface area contributed by atoms with Crippen LogP contribution in [-0.4, -0.2) is 18.4 Å². The van der Waals surface area contributed by atoms with Gasteiger partial charge in [0, 0.05) is 5.56 Å². The van der Waals surface area contributed by atoms with E-state index in [1.807, 2.05) is 5.48 Å². The molecule has 0 fully saturated rings. The SMILES string of the molecule is NC(=O)CONC(=O)c1cc(Cl)c(N)c(Cl)c1. The third-order valence-electron chi connectivity index (χ3n) is 1.72. The number of hydroxylamine groups is 1. The molecule has 0 heterocycles. The topological polar surface area (TPSA) is 107 Å². The normalized spacial score (nSPS) is 10.0. The van der Waals surface area contributed by atoms with Crippen LogP contribution in [0.5, 0.6) is 0 Å². The molecule has 8 heteroatoms. The van der Waals surface area contributed by atoms with Gasteiger partial charge in [-0.3, -0.25) is 14.4 Å². The van der Waals surface area contributed by atoms with E-state index in [1.54, 1.807) is 0 Å². The summed E-state index contributed by atoms with van der Waals surface area (Å²) < 4.78 is 0.